The molecular weight excluding hydrogens is 399 g/mol. The van der Waals surface area contributed by atoms with Crippen molar-refractivity contribution in [2.45, 2.75) is 38.8 Å². The molecule has 2 atom stereocenters. The summed E-state index contributed by atoms with van der Waals surface area (Å²) < 4.78 is 5.56. The zero-order valence-electron chi connectivity index (χ0n) is 12.9. The van der Waals surface area contributed by atoms with Crippen molar-refractivity contribution in [3.05, 3.63) is 15.7 Å². The number of hydrogen-bond acceptors (Lipinski definition) is 4. The quantitative estimate of drug-likeness (QED) is 0.731. The van der Waals surface area contributed by atoms with Crippen molar-refractivity contribution in [2.24, 2.45) is 5.92 Å². The van der Waals surface area contributed by atoms with Gasteiger partial charge >= 0.3 is 6.09 Å². The summed E-state index contributed by atoms with van der Waals surface area (Å²) in [7, 11) is 1.29. The van der Waals surface area contributed by atoms with Crippen LogP contribution in [0, 0.1) is 9.62 Å². The van der Waals surface area contributed by atoms with E-state index in [2.05, 4.69) is 42.6 Å². The minimum atomic E-state index is -0.595. The molecule has 0 spiro atoms. The van der Waals surface area contributed by atoms with Crippen LogP contribution in [-0.4, -0.2) is 46.6 Å². The second kappa shape index (κ2) is 7.30. The first kappa shape index (κ1) is 17.0. The summed E-state index contributed by atoms with van der Waals surface area (Å²) in [5.41, 5.74) is 0. The number of nitrogens with zero attached hydrogens (tertiary/aromatic N) is 2. The minimum Gasteiger partial charge on any atom is -0.453 e. The van der Waals surface area contributed by atoms with Gasteiger partial charge in [-0.1, -0.05) is 13.8 Å². The molecule has 0 aromatic carbocycles. The fourth-order valence-electron chi connectivity index (χ4n) is 2.68. The van der Waals surface area contributed by atoms with Crippen LogP contribution < -0.4 is 5.32 Å². The van der Waals surface area contributed by atoms with Crippen LogP contribution in [0.25, 0.3) is 0 Å². The van der Waals surface area contributed by atoms with E-state index in [1.165, 1.54) is 7.11 Å². The lowest BCUT2D eigenvalue weighted by Gasteiger charge is -2.29. The van der Waals surface area contributed by atoms with E-state index in [0.717, 1.165) is 22.4 Å². The van der Waals surface area contributed by atoms with Crippen molar-refractivity contribution in [1.82, 2.24) is 20.2 Å². The molecule has 22 heavy (non-hydrogen) atoms. The van der Waals surface area contributed by atoms with Gasteiger partial charge in [-0.15, -0.1) is 0 Å². The van der Waals surface area contributed by atoms with Gasteiger partial charge in [-0.3, -0.25) is 4.79 Å². The predicted molar refractivity (Wildman–Crippen MR) is 89.2 cm³/mol. The Hall–Kier alpha value is -1.32. The van der Waals surface area contributed by atoms with E-state index in [9.17, 15) is 9.59 Å². The van der Waals surface area contributed by atoms with Gasteiger partial charge in [0, 0.05) is 6.54 Å². The molecule has 2 N–H and O–H groups in total. The van der Waals surface area contributed by atoms with Gasteiger partial charge in [-0.2, -0.15) is 0 Å². The van der Waals surface area contributed by atoms with Crippen molar-refractivity contribution < 1.29 is 14.3 Å². The third-order valence-electron chi connectivity index (χ3n) is 3.81. The number of imidazole rings is 1. The number of aromatic amines is 1. The highest BCUT2D eigenvalue weighted by Crippen LogP contribution is 2.31. The maximum Gasteiger partial charge on any atom is 0.407 e. The lowest BCUT2D eigenvalue weighted by atomic mass is 10.0. The Labute approximate surface area is 143 Å². The van der Waals surface area contributed by atoms with Crippen molar-refractivity contribution in [2.75, 3.05) is 13.7 Å². The van der Waals surface area contributed by atoms with Gasteiger partial charge in [0.15, 0.2) is 0 Å². The Morgan fingerprint density at radius 2 is 2.27 bits per heavy atom. The monoisotopic (exact) mass is 420 g/mol. The molecule has 1 aliphatic rings. The standard InChI is InChI=1S/C14H21IN4O3/c1-8(2)11(18-14(21)22-3)13(20)19-6-4-5-9(19)12-16-7-10(15)17-12/h7-9,11H,4-6H2,1-3H3,(H,16,17)(H,18,21)/t9-,11?/m1/s1. The van der Waals surface area contributed by atoms with Gasteiger partial charge in [0.1, 0.15) is 11.9 Å². The molecule has 1 aromatic rings. The van der Waals surface area contributed by atoms with Crippen LogP contribution in [0.5, 0.6) is 0 Å². The summed E-state index contributed by atoms with van der Waals surface area (Å²) in [5, 5.41) is 2.64. The average molecular weight is 420 g/mol. The SMILES string of the molecule is COC(=O)NC(C(=O)N1CCC[C@@H]1c1ncc(I)[nH]1)C(C)C. The largest absolute Gasteiger partial charge is 0.453 e. The van der Waals surface area contributed by atoms with Crippen molar-refractivity contribution in [3.63, 3.8) is 0 Å². The molecule has 0 aliphatic carbocycles. The molecular formula is C14H21IN4O3. The van der Waals surface area contributed by atoms with Crippen LogP contribution in [0.15, 0.2) is 6.20 Å². The Morgan fingerprint density at radius 3 is 2.82 bits per heavy atom. The molecule has 1 aromatic heterocycles. The van der Waals surface area contributed by atoms with E-state index in [-0.39, 0.29) is 17.9 Å². The number of nitrogens with one attached hydrogen (secondary N) is 2. The van der Waals surface area contributed by atoms with Crippen LogP contribution in [0.3, 0.4) is 0 Å². The van der Waals surface area contributed by atoms with Gasteiger partial charge in [-0.25, -0.2) is 9.78 Å². The van der Waals surface area contributed by atoms with Crippen LogP contribution in [0.1, 0.15) is 38.6 Å². The number of amides is 2. The summed E-state index contributed by atoms with van der Waals surface area (Å²) in [6.07, 6.45) is 2.97. The Morgan fingerprint density at radius 1 is 1.55 bits per heavy atom. The molecule has 0 radical (unpaired) electrons. The smallest absolute Gasteiger partial charge is 0.407 e. The highest BCUT2D eigenvalue weighted by Gasteiger charge is 2.37. The second-order valence-electron chi connectivity index (χ2n) is 5.66. The third kappa shape index (κ3) is 3.71. The predicted octanol–water partition coefficient (Wildman–Crippen LogP) is 2.06. The number of carbonyl (C=O) groups is 2. The fourth-order valence-corrected chi connectivity index (χ4v) is 3.09. The maximum absolute atomic E-state index is 12.8. The normalized spacial score (nSPS) is 19.3. The van der Waals surface area contributed by atoms with Gasteiger partial charge in [0.05, 0.1) is 23.0 Å². The van der Waals surface area contributed by atoms with Gasteiger partial charge in [0.2, 0.25) is 5.91 Å². The van der Waals surface area contributed by atoms with Crippen molar-refractivity contribution in [3.8, 4) is 0 Å². The van der Waals surface area contributed by atoms with Crippen LogP contribution in [0.2, 0.25) is 0 Å². The number of likely N-dealkylation sites (tertiary alicyclic amines) is 1. The summed E-state index contributed by atoms with van der Waals surface area (Å²) in [5.74, 6) is 0.690. The van der Waals surface area contributed by atoms with Crippen LogP contribution in [-0.2, 0) is 9.53 Å². The lowest BCUT2D eigenvalue weighted by Crippen LogP contribution is -2.51. The first-order chi connectivity index (χ1) is 10.4. The van der Waals surface area contributed by atoms with E-state index in [4.69, 9.17) is 0 Å². The average Bonchev–Trinajstić information content (AvgIpc) is 3.11. The molecule has 1 fully saturated rings. The topological polar surface area (TPSA) is 87.3 Å². The van der Waals surface area contributed by atoms with E-state index in [1.807, 2.05) is 13.8 Å². The van der Waals surface area contributed by atoms with Crippen LogP contribution in [0.4, 0.5) is 4.79 Å². The molecule has 1 unspecified atom stereocenters. The Kier molecular flexibility index (Phi) is 5.65. The maximum atomic E-state index is 12.8. The fraction of sp³-hybridized carbons (Fsp3) is 0.643. The summed E-state index contributed by atoms with van der Waals surface area (Å²) in [6.45, 7) is 4.48. The number of hydrogen-bond donors (Lipinski definition) is 2. The Balaban J connectivity index is 2.16. The number of ether oxygens (including phenoxy) is 1. The summed E-state index contributed by atoms with van der Waals surface area (Å²) in [4.78, 5) is 33.7. The van der Waals surface area contributed by atoms with Gasteiger partial charge in [-0.05, 0) is 41.4 Å². The number of alkyl carbamates (subject to hydrolysis) is 1. The number of halogens is 1. The molecule has 2 heterocycles. The molecule has 122 valence electrons. The first-order valence-corrected chi connectivity index (χ1v) is 8.37. The molecule has 0 saturated carbocycles. The number of H-pyrrole nitrogens is 1. The number of methoxy groups -OCH3 is 1. The number of carbonyl (C=O) groups excluding carboxylic acids is 2. The minimum absolute atomic E-state index is 0.0235. The molecule has 8 heteroatoms. The number of rotatable bonds is 4. The van der Waals surface area contributed by atoms with E-state index >= 15 is 0 Å². The van der Waals surface area contributed by atoms with Gasteiger partial charge in [0.25, 0.3) is 0 Å². The Bertz CT molecular complexity index is 546. The van der Waals surface area contributed by atoms with Crippen LogP contribution >= 0.6 is 22.6 Å². The molecule has 7 nitrogen and oxygen atoms in total. The first-order valence-electron chi connectivity index (χ1n) is 7.29. The lowest BCUT2D eigenvalue weighted by molar-refractivity contribution is -0.135. The molecule has 1 aliphatic heterocycles. The second-order valence-corrected chi connectivity index (χ2v) is 6.83. The molecule has 0 bridgehead atoms. The summed E-state index contributed by atoms with van der Waals surface area (Å²) >= 11 is 2.16. The van der Waals surface area contributed by atoms with Crippen molar-refractivity contribution in [1.29, 1.82) is 0 Å². The highest BCUT2D eigenvalue weighted by molar-refractivity contribution is 14.1. The van der Waals surface area contributed by atoms with E-state index < -0.39 is 12.1 Å². The molecule has 2 rings (SSSR count). The van der Waals surface area contributed by atoms with E-state index in [0.29, 0.717) is 6.54 Å². The summed E-state index contributed by atoms with van der Waals surface area (Å²) in [6, 6.07) is -0.654. The van der Waals surface area contributed by atoms with Gasteiger partial charge < -0.3 is 19.9 Å². The highest BCUT2D eigenvalue weighted by atomic mass is 127. The van der Waals surface area contributed by atoms with Crippen molar-refractivity contribution >= 4 is 34.6 Å². The zero-order chi connectivity index (χ0) is 16.3. The zero-order valence-corrected chi connectivity index (χ0v) is 15.1. The molecule has 2 amide bonds. The third-order valence-corrected chi connectivity index (χ3v) is 4.36. The van der Waals surface area contributed by atoms with E-state index in [1.54, 1.807) is 11.1 Å². The number of aromatic nitrogens is 2. The molecule has 1 saturated heterocycles.